The Hall–Kier alpha value is -1.43. The second-order valence-corrected chi connectivity index (χ2v) is 2.08. The van der Waals surface area contributed by atoms with E-state index < -0.39 is 11.9 Å². The fraction of sp³-hybridized carbons (Fsp3) is 0.400. The number of rotatable bonds is 0. The van der Waals surface area contributed by atoms with Crippen LogP contribution in [0.1, 0.15) is 0 Å². The lowest BCUT2D eigenvalue weighted by Crippen LogP contribution is -2.62. The van der Waals surface area contributed by atoms with Gasteiger partial charge in [0.05, 0.1) is 0 Å². The Kier molecular flexibility index (Phi) is 1.86. The Morgan fingerprint density at radius 3 is 2.82 bits per heavy atom. The molecule has 1 saturated heterocycles. The van der Waals surface area contributed by atoms with Crippen LogP contribution in [0.2, 0.25) is 0 Å². The van der Waals surface area contributed by atoms with Gasteiger partial charge < -0.3 is 11.1 Å². The van der Waals surface area contributed by atoms with Crippen molar-refractivity contribution in [1.29, 1.82) is 5.41 Å². The van der Waals surface area contributed by atoms with Gasteiger partial charge in [0, 0.05) is 7.05 Å². The highest BCUT2D eigenvalue weighted by Crippen LogP contribution is 1.88. The maximum atomic E-state index is 10.9. The van der Waals surface area contributed by atoms with Crippen molar-refractivity contribution >= 4 is 17.7 Å². The zero-order valence-electron chi connectivity index (χ0n) is 6.01. The Balaban J connectivity index is 2.83. The molecule has 1 heterocycles. The van der Waals surface area contributed by atoms with Crippen LogP contribution in [-0.2, 0) is 4.79 Å². The quantitative estimate of drug-likeness (QED) is 0.325. The number of carbonyl (C=O) groups excluding carboxylic acids is 1. The molecule has 1 fully saturated rings. The molecule has 0 aromatic carbocycles. The number of hydrogen-bond donors (Lipinski definition) is 4. The first-order valence-electron chi connectivity index (χ1n) is 3.04. The third-order valence-corrected chi connectivity index (χ3v) is 1.32. The normalized spacial score (nSPS) is 28.2. The van der Waals surface area contributed by atoms with Gasteiger partial charge in [0.25, 0.3) is 5.91 Å². The van der Waals surface area contributed by atoms with E-state index in [1.54, 1.807) is 0 Å². The summed E-state index contributed by atoms with van der Waals surface area (Å²) in [5.41, 5.74) is 5.39. The molecule has 0 aromatic rings. The van der Waals surface area contributed by atoms with Crippen molar-refractivity contribution in [3.8, 4) is 0 Å². The monoisotopic (exact) mass is 155 g/mol. The highest BCUT2D eigenvalue weighted by molar-refractivity contribution is 6.21. The Bertz CT molecular complexity index is 233. The number of nitrogens with zero attached hydrogens (tertiary/aromatic N) is 1. The van der Waals surface area contributed by atoms with Crippen LogP contribution >= 0.6 is 0 Å². The van der Waals surface area contributed by atoms with Gasteiger partial charge >= 0.3 is 0 Å². The van der Waals surface area contributed by atoms with Gasteiger partial charge in [0.2, 0.25) is 5.96 Å². The van der Waals surface area contributed by atoms with Crippen molar-refractivity contribution in [3.63, 3.8) is 0 Å². The molecule has 0 aliphatic carbocycles. The first-order chi connectivity index (χ1) is 5.15. The minimum Gasteiger partial charge on any atom is -0.314 e. The lowest BCUT2D eigenvalue weighted by Gasteiger charge is -2.22. The van der Waals surface area contributed by atoms with Crippen LogP contribution in [0.15, 0.2) is 4.99 Å². The topological polar surface area (TPSA) is 103 Å². The molecule has 0 bridgehead atoms. The molecule has 5 N–H and O–H groups in total. The molecule has 0 aromatic heterocycles. The average molecular weight is 155 g/mol. The molecule has 0 spiro atoms. The van der Waals surface area contributed by atoms with Crippen LogP contribution < -0.4 is 16.4 Å². The molecule has 0 radical (unpaired) electrons. The summed E-state index contributed by atoms with van der Waals surface area (Å²) >= 11 is 0. The van der Waals surface area contributed by atoms with Gasteiger partial charge in [0.15, 0.2) is 0 Å². The SMILES string of the molecule is CN=C1NC(=N)NC(=O)C1N. The Morgan fingerprint density at radius 2 is 2.27 bits per heavy atom. The molecule has 1 aliphatic heterocycles. The molecule has 1 aliphatic rings. The second-order valence-electron chi connectivity index (χ2n) is 2.08. The van der Waals surface area contributed by atoms with Crippen molar-refractivity contribution in [2.75, 3.05) is 7.05 Å². The van der Waals surface area contributed by atoms with E-state index in [9.17, 15) is 4.79 Å². The summed E-state index contributed by atoms with van der Waals surface area (Å²) in [6.07, 6.45) is 0. The summed E-state index contributed by atoms with van der Waals surface area (Å²) in [5.74, 6) is -0.176. The molecule has 11 heavy (non-hydrogen) atoms. The van der Waals surface area contributed by atoms with Gasteiger partial charge in [-0.05, 0) is 0 Å². The number of nitrogens with two attached hydrogens (primary N) is 1. The van der Waals surface area contributed by atoms with Crippen LogP contribution in [0.25, 0.3) is 0 Å². The number of nitrogens with one attached hydrogen (secondary N) is 3. The van der Waals surface area contributed by atoms with E-state index in [1.165, 1.54) is 7.05 Å². The van der Waals surface area contributed by atoms with Gasteiger partial charge in [-0.25, -0.2) is 0 Å². The zero-order chi connectivity index (χ0) is 8.43. The van der Waals surface area contributed by atoms with Crippen molar-refractivity contribution in [1.82, 2.24) is 10.6 Å². The van der Waals surface area contributed by atoms with E-state index in [4.69, 9.17) is 11.1 Å². The Morgan fingerprint density at radius 1 is 1.64 bits per heavy atom. The van der Waals surface area contributed by atoms with E-state index in [2.05, 4.69) is 15.6 Å². The summed E-state index contributed by atoms with van der Waals surface area (Å²) in [5, 5.41) is 11.8. The standard InChI is InChI=1S/C5H9N5O/c1-8-3-2(6)4(11)10-5(7)9-3/h2H,6H2,1H3,(H3,7,8,9,10,11). The number of aliphatic imine (C=N–C) groups is 1. The highest BCUT2D eigenvalue weighted by Gasteiger charge is 2.26. The highest BCUT2D eigenvalue weighted by atomic mass is 16.2. The van der Waals surface area contributed by atoms with Crippen LogP contribution in [0.5, 0.6) is 0 Å². The van der Waals surface area contributed by atoms with E-state index in [0.717, 1.165) is 0 Å². The van der Waals surface area contributed by atoms with Gasteiger partial charge in [-0.2, -0.15) is 0 Å². The summed E-state index contributed by atoms with van der Waals surface area (Å²) in [4.78, 5) is 14.6. The maximum absolute atomic E-state index is 10.9. The van der Waals surface area contributed by atoms with E-state index >= 15 is 0 Å². The largest absolute Gasteiger partial charge is 0.314 e. The molecule has 1 amide bonds. The summed E-state index contributed by atoms with van der Waals surface area (Å²) in [6.45, 7) is 0. The van der Waals surface area contributed by atoms with Crippen LogP contribution in [-0.4, -0.2) is 30.8 Å². The minimum atomic E-state index is -0.783. The molecule has 60 valence electrons. The molecule has 1 unspecified atom stereocenters. The lowest BCUT2D eigenvalue weighted by atomic mass is 10.2. The van der Waals surface area contributed by atoms with E-state index in [0.29, 0.717) is 5.84 Å². The van der Waals surface area contributed by atoms with Crippen molar-refractivity contribution in [3.05, 3.63) is 0 Å². The van der Waals surface area contributed by atoms with Crippen molar-refractivity contribution in [2.24, 2.45) is 10.7 Å². The van der Waals surface area contributed by atoms with Crippen LogP contribution in [0.4, 0.5) is 0 Å². The number of amidine groups is 1. The van der Waals surface area contributed by atoms with Crippen LogP contribution in [0, 0.1) is 5.41 Å². The number of hydrogen-bond acceptors (Lipinski definition) is 4. The molecular weight excluding hydrogens is 146 g/mol. The number of carbonyl (C=O) groups is 1. The second kappa shape index (κ2) is 2.67. The summed E-state index contributed by atoms with van der Waals surface area (Å²) in [6, 6.07) is -0.783. The molecule has 6 heteroatoms. The van der Waals surface area contributed by atoms with Crippen molar-refractivity contribution < 1.29 is 4.79 Å². The zero-order valence-corrected chi connectivity index (χ0v) is 6.01. The van der Waals surface area contributed by atoms with Crippen LogP contribution in [0.3, 0.4) is 0 Å². The molecule has 6 nitrogen and oxygen atoms in total. The number of guanidine groups is 1. The molecule has 1 rings (SSSR count). The fourth-order valence-corrected chi connectivity index (χ4v) is 0.757. The summed E-state index contributed by atoms with van der Waals surface area (Å²) in [7, 11) is 1.51. The molecular formula is C5H9N5O. The predicted octanol–water partition coefficient (Wildman–Crippen LogP) is -2.00. The lowest BCUT2D eigenvalue weighted by molar-refractivity contribution is -0.119. The van der Waals surface area contributed by atoms with Gasteiger partial charge in [-0.1, -0.05) is 0 Å². The van der Waals surface area contributed by atoms with E-state index in [1.807, 2.05) is 0 Å². The Labute approximate surface area is 63.4 Å². The van der Waals surface area contributed by atoms with Crippen molar-refractivity contribution in [2.45, 2.75) is 6.04 Å². The predicted molar refractivity (Wildman–Crippen MR) is 40.3 cm³/mol. The average Bonchev–Trinajstić information content (AvgIpc) is 1.96. The van der Waals surface area contributed by atoms with Gasteiger partial charge in [0.1, 0.15) is 11.9 Å². The van der Waals surface area contributed by atoms with Gasteiger partial charge in [-0.15, -0.1) is 0 Å². The first kappa shape index (κ1) is 7.67. The fourth-order valence-electron chi connectivity index (χ4n) is 0.757. The minimum absolute atomic E-state index is 0.0858. The molecule has 1 atom stereocenters. The summed E-state index contributed by atoms with van der Waals surface area (Å²) < 4.78 is 0. The first-order valence-corrected chi connectivity index (χ1v) is 3.04. The van der Waals surface area contributed by atoms with E-state index in [-0.39, 0.29) is 5.96 Å². The third-order valence-electron chi connectivity index (χ3n) is 1.32. The maximum Gasteiger partial charge on any atom is 0.251 e. The number of amides is 1. The molecule has 0 saturated carbocycles. The third kappa shape index (κ3) is 1.35. The van der Waals surface area contributed by atoms with Gasteiger partial charge in [-0.3, -0.25) is 20.5 Å². The smallest absolute Gasteiger partial charge is 0.251 e.